The minimum atomic E-state index is 0.776. The van der Waals surface area contributed by atoms with Crippen molar-refractivity contribution in [1.29, 1.82) is 0 Å². The smallest absolute Gasteiger partial charge is 0.00721 e. The van der Waals surface area contributed by atoms with E-state index in [1.807, 2.05) is 0 Å². The Hall–Kier alpha value is -0.0400. The van der Waals surface area contributed by atoms with Crippen molar-refractivity contribution in [3.63, 3.8) is 0 Å². The van der Waals surface area contributed by atoms with Crippen molar-refractivity contribution >= 4 is 0 Å². The minimum Gasteiger partial charge on any atom is -0.314 e. The van der Waals surface area contributed by atoms with Gasteiger partial charge in [-0.05, 0) is 31.2 Å². The van der Waals surface area contributed by atoms with Crippen molar-refractivity contribution in [2.45, 2.75) is 84.6 Å². The molecule has 0 aromatic rings. The fourth-order valence-corrected chi connectivity index (χ4v) is 3.21. The first kappa shape index (κ1) is 15.0. The first-order chi connectivity index (χ1) is 8.26. The highest BCUT2D eigenvalue weighted by Gasteiger charge is 2.18. The monoisotopic (exact) mass is 239 g/mol. The van der Waals surface area contributed by atoms with E-state index in [9.17, 15) is 0 Å². The first-order valence-electron chi connectivity index (χ1n) is 7.99. The lowest BCUT2D eigenvalue weighted by molar-refractivity contribution is 0.311. The van der Waals surface area contributed by atoms with E-state index in [-0.39, 0.29) is 0 Å². The van der Waals surface area contributed by atoms with E-state index < -0.39 is 0 Å². The Kier molecular flexibility index (Phi) is 7.92. The summed E-state index contributed by atoms with van der Waals surface area (Å²) in [4.78, 5) is 0. The first-order valence-corrected chi connectivity index (χ1v) is 7.99. The molecular weight excluding hydrogens is 206 g/mol. The summed E-state index contributed by atoms with van der Waals surface area (Å²) in [7, 11) is 0. The summed E-state index contributed by atoms with van der Waals surface area (Å²) in [6, 6.07) is 0.776. The van der Waals surface area contributed by atoms with Gasteiger partial charge in [0.05, 0.1) is 0 Å². The maximum atomic E-state index is 3.72. The molecule has 0 aliphatic heterocycles. The Bertz CT molecular complexity index is 170. The molecule has 0 bridgehead atoms. The Morgan fingerprint density at radius 1 is 1.06 bits per heavy atom. The van der Waals surface area contributed by atoms with Crippen molar-refractivity contribution in [1.82, 2.24) is 5.32 Å². The van der Waals surface area contributed by atoms with Crippen LogP contribution in [0.5, 0.6) is 0 Å². The summed E-state index contributed by atoms with van der Waals surface area (Å²) in [5, 5.41) is 3.72. The molecule has 0 amide bonds. The zero-order valence-electron chi connectivity index (χ0n) is 12.3. The van der Waals surface area contributed by atoms with Crippen molar-refractivity contribution in [2.75, 3.05) is 6.54 Å². The highest BCUT2D eigenvalue weighted by Crippen LogP contribution is 2.28. The topological polar surface area (TPSA) is 12.0 Å². The normalized spacial score (nSPS) is 22.1. The van der Waals surface area contributed by atoms with Gasteiger partial charge in [0.25, 0.3) is 0 Å². The largest absolute Gasteiger partial charge is 0.314 e. The summed E-state index contributed by atoms with van der Waals surface area (Å²) >= 11 is 0. The molecule has 1 aliphatic rings. The van der Waals surface area contributed by atoms with Gasteiger partial charge in [-0.3, -0.25) is 0 Å². The lowest BCUT2D eigenvalue weighted by Crippen LogP contribution is -2.32. The van der Waals surface area contributed by atoms with E-state index in [0.717, 1.165) is 24.4 Å². The fourth-order valence-electron chi connectivity index (χ4n) is 3.21. The molecule has 102 valence electrons. The van der Waals surface area contributed by atoms with Gasteiger partial charge in [0.2, 0.25) is 0 Å². The van der Waals surface area contributed by atoms with E-state index in [2.05, 4.69) is 26.1 Å². The maximum Gasteiger partial charge on any atom is 0.00721 e. The van der Waals surface area contributed by atoms with Gasteiger partial charge >= 0.3 is 0 Å². The van der Waals surface area contributed by atoms with Crippen molar-refractivity contribution < 1.29 is 0 Å². The molecular formula is C16H33N. The van der Waals surface area contributed by atoms with Gasteiger partial charge in [-0.1, -0.05) is 65.7 Å². The second-order valence-electron chi connectivity index (χ2n) is 6.10. The molecule has 1 saturated carbocycles. The SMILES string of the molecule is CCNC(CC(C)CC)CC1CCCCCC1. The van der Waals surface area contributed by atoms with Crippen LogP contribution in [0.25, 0.3) is 0 Å². The number of nitrogens with one attached hydrogen (secondary N) is 1. The van der Waals surface area contributed by atoms with E-state index in [1.165, 1.54) is 57.8 Å². The summed E-state index contributed by atoms with van der Waals surface area (Å²) in [6.45, 7) is 8.10. The molecule has 0 radical (unpaired) electrons. The van der Waals surface area contributed by atoms with E-state index in [0.29, 0.717) is 0 Å². The quantitative estimate of drug-likeness (QED) is 0.632. The molecule has 1 aliphatic carbocycles. The van der Waals surface area contributed by atoms with Gasteiger partial charge in [-0.25, -0.2) is 0 Å². The molecule has 0 spiro atoms. The number of hydrogen-bond acceptors (Lipinski definition) is 1. The minimum absolute atomic E-state index is 0.776. The van der Waals surface area contributed by atoms with Gasteiger partial charge in [0.15, 0.2) is 0 Å². The second kappa shape index (κ2) is 8.97. The van der Waals surface area contributed by atoms with Crippen LogP contribution in [0, 0.1) is 11.8 Å². The van der Waals surface area contributed by atoms with Crippen LogP contribution in [0.2, 0.25) is 0 Å². The van der Waals surface area contributed by atoms with Gasteiger partial charge < -0.3 is 5.32 Å². The van der Waals surface area contributed by atoms with Crippen LogP contribution in [-0.2, 0) is 0 Å². The van der Waals surface area contributed by atoms with Crippen molar-refractivity contribution in [2.24, 2.45) is 11.8 Å². The molecule has 0 heterocycles. The lowest BCUT2D eigenvalue weighted by atomic mass is 9.88. The van der Waals surface area contributed by atoms with Crippen LogP contribution in [0.3, 0.4) is 0 Å². The Morgan fingerprint density at radius 3 is 2.24 bits per heavy atom. The van der Waals surface area contributed by atoms with Crippen molar-refractivity contribution in [3.05, 3.63) is 0 Å². The molecule has 1 rings (SSSR count). The summed E-state index contributed by atoms with van der Waals surface area (Å²) in [5.74, 6) is 1.88. The predicted molar refractivity (Wildman–Crippen MR) is 77.3 cm³/mol. The van der Waals surface area contributed by atoms with Gasteiger partial charge in [0, 0.05) is 6.04 Å². The van der Waals surface area contributed by atoms with Crippen LogP contribution in [0.4, 0.5) is 0 Å². The summed E-state index contributed by atoms with van der Waals surface area (Å²) in [6.07, 6.45) is 13.0. The predicted octanol–water partition coefficient (Wildman–Crippen LogP) is 4.76. The third kappa shape index (κ3) is 6.45. The Morgan fingerprint density at radius 2 is 1.71 bits per heavy atom. The second-order valence-corrected chi connectivity index (χ2v) is 6.10. The van der Waals surface area contributed by atoms with Gasteiger partial charge in [-0.2, -0.15) is 0 Å². The fraction of sp³-hybridized carbons (Fsp3) is 1.00. The molecule has 1 heteroatoms. The van der Waals surface area contributed by atoms with Gasteiger partial charge in [0.1, 0.15) is 0 Å². The highest BCUT2D eigenvalue weighted by atomic mass is 14.9. The van der Waals surface area contributed by atoms with E-state index in [1.54, 1.807) is 0 Å². The zero-order valence-corrected chi connectivity index (χ0v) is 12.3. The van der Waals surface area contributed by atoms with Crippen LogP contribution < -0.4 is 5.32 Å². The van der Waals surface area contributed by atoms with E-state index in [4.69, 9.17) is 0 Å². The zero-order chi connectivity index (χ0) is 12.5. The maximum absolute atomic E-state index is 3.72. The average Bonchev–Trinajstić information content (AvgIpc) is 2.57. The van der Waals surface area contributed by atoms with Crippen molar-refractivity contribution in [3.8, 4) is 0 Å². The van der Waals surface area contributed by atoms with Crippen LogP contribution >= 0.6 is 0 Å². The van der Waals surface area contributed by atoms with Crippen LogP contribution in [0.15, 0.2) is 0 Å². The number of hydrogen-bond donors (Lipinski definition) is 1. The highest BCUT2D eigenvalue weighted by molar-refractivity contribution is 4.75. The van der Waals surface area contributed by atoms with Crippen LogP contribution in [0.1, 0.15) is 78.6 Å². The average molecular weight is 239 g/mol. The summed E-state index contributed by atoms with van der Waals surface area (Å²) in [5.41, 5.74) is 0. The summed E-state index contributed by atoms with van der Waals surface area (Å²) < 4.78 is 0. The molecule has 2 atom stereocenters. The molecule has 2 unspecified atom stereocenters. The molecule has 1 nitrogen and oxygen atoms in total. The molecule has 0 aromatic heterocycles. The molecule has 0 aromatic carbocycles. The molecule has 0 saturated heterocycles. The molecule has 17 heavy (non-hydrogen) atoms. The third-order valence-corrected chi connectivity index (χ3v) is 4.47. The standard InChI is InChI=1S/C16H33N/c1-4-14(3)12-16(17-5-2)13-15-10-8-6-7-9-11-15/h14-17H,4-13H2,1-3H3. The molecule has 1 N–H and O–H groups in total. The Balaban J connectivity index is 2.35. The third-order valence-electron chi connectivity index (χ3n) is 4.47. The van der Waals surface area contributed by atoms with Crippen LogP contribution in [-0.4, -0.2) is 12.6 Å². The number of rotatable bonds is 7. The molecule has 1 fully saturated rings. The lowest BCUT2D eigenvalue weighted by Gasteiger charge is -2.25. The van der Waals surface area contributed by atoms with Gasteiger partial charge in [-0.15, -0.1) is 0 Å². The Labute approximate surface area is 109 Å². The van der Waals surface area contributed by atoms with E-state index >= 15 is 0 Å².